The highest BCUT2D eigenvalue weighted by atomic mass is 35.5. The van der Waals surface area contributed by atoms with Gasteiger partial charge in [-0.25, -0.2) is 0 Å². The van der Waals surface area contributed by atoms with Crippen molar-refractivity contribution in [3.05, 3.63) is 80.3 Å². The first kappa shape index (κ1) is 36.9. The van der Waals surface area contributed by atoms with Crippen LogP contribution in [-0.4, -0.2) is 90.1 Å². The highest BCUT2D eigenvalue weighted by molar-refractivity contribution is 7.10. The number of carbonyl (C=O) groups excluding carboxylic acids is 2. The zero-order valence-corrected chi connectivity index (χ0v) is 28.3. The van der Waals surface area contributed by atoms with Crippen LogP contribution in [0, 0.1) is 0 Å². The van der Waals surface area contributed by atoms with Gasteiger partial charge in [0.25, 0.3) is 11.8 Å². The van der Waals surface area contributed by atoms with Crippen LogP contribution < -0.4 is 4.74 Å². The van der Waals surface area contributed by atoms with E-state index in [0.717, 1.165) is 40.9 Å². The van der Waals surface area contributed by atoms with Gasteiger partial charge in [0.15, 0.2) is 0 Å². The van der Waals surface area contributed by atoms with Gasteiger partial charge in [0.1, 0.15) is 16.3 Å². The lowest BCUT2D eigenvalue weighted by atomic mass is 9.79. The van der Waals surface area contributed by atoms with E-state index in [9.17, 15) is 35.9 Å². The van der Waals surface area contributed by atoms with Gasteiger partial charge in [-0.1, -0.05) is 17.7 Å². The smallest absolute Gasteiger partial charge is 0.425 e. The summed E-state index contributed by atoms with van der Waals surface area (Å²) < 4.78 is 94.8. The third-order valence-corrected chi connectivity index (χ3v) is 10.1. The van der Waals surface area contributed by atoms with Gasteiger partial charge >= 0.3 is 12.4 Å². The van der Waals surface area contributed by atoms with Crippen molar-refractivity contribution in [1.82, 2.24) is 19.7 Å². The number of hydrogen-bond donors (Lipinski definition) is 0. The summed E-state index contributed by atoms with van der Waals surface area (Å²) in [4.78, 5) is 36.5. The summed E-state index contributed by atoms with van der Waals surface area (Å²) in [7, 11) is 3.30. The van der Waals surface area contributed by atoms with Crippen LogP contribution in [0.1, 0.15) is 51.3 Å². The normalized spacial score (nSPS) is 20.0. The lowest BCUT2D eigenvalue weighted by molar-refractivity contribution is -0.160. The molecule has 2 atom stereocenters. The Morgan fingerprint density at radius 1 is 1.08 bits per heavy atom. The van der Waals surface area contributed by atoms with Gasteiger partial charge in [-0.2, -0.15) is 26.3 Å². The second-order valence-corrected chi connectivity index (χ2v) is 13.5. The van der Waals surface area contributed by atoms with Crippen LogP contribution in [0.2, 0.25) is 5.02 Å². The minimum Gasteiger partial charge on any atom is -0.474 e. The minimum absolute atomic E-state index is 0.00240. The van der Waals surface area contributed by atoms with Gasteiger partial charge in [-0.3, -0.25) is 14.6 Å². The maximum absolute atomic E-state index is 14.9. The number of carbonyl (C=O) groups is 2. The molecule has 8 nitrogen and oxygen atoms in total. The Kier molecular flexibility index (Phi) is 11.2. The number of methoxy groups -OCH3 is 1. The topological polar surface area (TPSA) is 75.2 Å². The Morgan fingerprint density at radius 2 is 1.86 bits per heavy atom. The van der Waals surface area contributed by atoms with Crippen LogP contribution in [0.4, 0.5) is 26.3 Å². The van der Waals surface area contributed by atoms with Gasteiger partial charge in [-0.05, 0) is 61.7 Å². The molecule has 2 amide bonds. The average molecular weight is 733 g/mol. The van der Waals surface area contributed by atoms with Crippen LogP contribution >= 0.6 is 22.9 Å². The zero-order chi connectivity index (χ0) is 35.6. The molecule has 4 heterocycles. The molecule has 16 heteroatoms. The third kappa shape index (κ3) is 8.16. The third-order valence-electron chi connectivity index (χ3n) is 8.88. The summed E-state index contributed by atoms with van der Waals surface area (Å²) in [5, 5.41) is 1.68. The average Bonchev–Trinajstić information content (AvgIpc) is 3.54. The van der Waals surface area contributed by atoms with E-state index in [0.29, 0.717) is 35.9 Å². The first-order valence-electron chi connectivity index (χ1n) is 15.6. The molecular formula is C33H35ClF6N4O4S. The first-order chi connectivity index (χ1) is 23.1. The lowest BCUT2D eigenvalue weighted by Crippen LogP contribution is -2.68. The van der Waals surface area contributed by atoms with E-state index < -0.39 is 51.9 Å². The molecule has 1 aromatic carbocycles. The van der Waals surface area contributed by atoms with E-state index in [2.05, 4.69) is 4.98 Å². The summed E-state index contributed by atoms with van der Waals surface area (Å²) in [5.41, 5.74) is -2.27. The van der Waals surface area contributed by atoms with Crippen molar-refractivity contribution < 1.29 is 45.4 Å². The molecule has 5 rings (SSSR count). The molecule has 1 unspecified atom stereocenters. The number of alkyl halides is 6. The maximum Gasteiger partial charge on any atom is 0.425 e. The van der Waals surface area contributed by atoms with Crippen LogP contribution in [0.25, 0.3) is 0 Å². The van der Waals surface area contributed by atoms with Crippen molar-refractivity contribution in [3.63, 3.8) is 0 Å². The summed E-state index contributed by atoms with van der Waals surface area (Å²) in [5.74, 6) is -1.86. The number of fused-ring (bicyclic) bond motifs is 1. The first-order valence-corrected chi connectivity index (χ1v) is 16.8. The van der Waals surface area contributed by atoms with Gasteiger partial charge in [0.05, 0.1) is 18.2 Å². The van der Waals surface area contributed by atoms with Gasteiger partial charge in [0.2, 0.25) is 5.60 Å². The van der Waals surface area contributed by atoms with Gasteiger partial charge < -0.3 is 24.2 Å². The number of pyridine rings is 1. The number of nitrogens with zero attached hydrogens (tertiary/aromatic N) is 4. The van der Waals surface area contributed by atoms with Crippen LogP contribution in [0.3, 0.4) is 0 Å². The Labute approximate surface area is 288 Å². The molecule has 0 radical (unpaired) electrons. The van der Waals surface area contributed by atoms with E-state index in [1.807, 2.05) is 4.90 Å². The number of thiophene rings is 1. The van der Waals surface area contributed by atoms with Crippen LogP contribution in [0.15, 0.2) is 48.0 Å². The molecular weight excluding hydrogens is 698 g/mol. The minimum atomic E-state index is -4.90. The fraction of sp³-hybridized carbons (Fsp3) is 0.485. The summed E-state index contributed by atoms with van der Waals surface area (Å²) in [6, 6.07) is 6.73. The highest BCUT2D eigenvalue weighted by Gasteiger charge is 2.56. The van der Waals surface area contributed by atoms with Crippen molar-refractivity contribution in [2.24, 2.45) is 0 Å². The van der Waals surface area contributed by atoms with Crippen LogP contribution in [-0.2, 0) is 34.8 Å². The van der Waals surface area contributed by atoms with E-state index in [-0.39, 0.29) is 51.2 Å². The second-order valence-electron chi connectivity index (χ2n) is 12.1. The molecule has 2 aliphatic rings. The summed E-state index contributed by atoms with van der Waals surface area (Å²) in [6.45, 7) is 1.41. The molecule has 3 aromatic rings. The Bertz CT molecular complexity index is 1650. The van der Waals surface area contributed by atoms with E-state index in [1.54, 1.807) is 25.2 Å². The summed E-state index contributed by atoms with van der Waals surface area (Å²) >= 11 is 6.58. The van der Waals surface area contributed by atoms with Crippen molar-refractivity contribution in [2.45, 2.75) is 56.2 Å². The molecule has 266 valence electrons. The number of likely N-dealkylation sites (N-methyl/N-ethyl adjacent to an activating group) is 1. The summed E-state index contributed by atoms with van der Waals surface area (Å²) in [6.07, 6.45) is -7.90. The molecule has 0 aliphatic carbocycles. The molecule has 0 spiro atoms. The van der Waals surface area contributed by atoms with Gasteiger partial charge in [0, 0.05) is 68.9 Å². The monoisotopic (exact) mass is 732 g/mol. The largest absolute Gasteiger partial charge is 0.474 e. The Morgan fingerprint density at radius 3 is 2.55 bits per heavy atom. The Hall–Kier alpha value is -3.40. The van der Waals surface area contributed by atoms with Crippen molar-refractivity contribution >= 4 is 34.8 Å². The fourth-order valence-electron chi connectivity index (χ4n) is 6.47. The number of likely N-dealkylation sites (tertiary alicyclic amines) is 1. The maximum atomic E-state index is 14.9. The number of benzene rings is 1. The molecule has 2 aromatic heterocycles. The quantitative estimate of drug-likeness (QED) is 0.214. The van der Waals surface area contributed by atoms with Crippen molar-refractivity contribution in [2.75, 3.05) is 46.9 Å². The number of amides is 2. The molecule has 2 aliphatic heterocycles. The van der Waals surface area contributed by atoms with Gasteiger partial charge in [-0.15, -0.1) is 11.3 Å². The highest BCUT2D eigenvalue weighted by Crippen LogP contribution is 2.43. The molecule has 1 saturated heterocycles. The SMILES string of the molecule is COCCN(C)CCC1N(C(=O)c2ncccc2C(F)(F)F)CCC[C@]1(Oc1csc(C(F)(F)F)c1)C(=O)N1CCc2cc(Cl)ccc2C1. The number of hydrogen-bond acceptors (Lipinski definition) is 7. The van der Waals surface area contributed by atoms with E-state index >= 15 is 0 Å². The predicted octanol–water partition coefficient (Wildman–Crippen LogP) is 6.81. The number of ether oxygens (including phenoxy) is 2. The standard InChI is InChI=1S/C33H35ClF6N4O4S/c1-42(15-16-47-2)13-9-26-31(48-24-18-27(49-20-24)33(38,39)40,30(46)43-14-8-21-17-23(34)7-6-22(21)19-43)10-4-12-44(26)29(45)28-25(32(35,36)37)5-3-11-41-28/h3,5-7,11,17-18,20,26H,4,8-10,12-16,19H2,1-2H3/t26?,31-/m1/s1. The van der Waals surface area contributed by atoms with Crippen molar-refractivity contribution in [3.8, 4) is 5.75 Å². The molecule has 49 heavy (non-hydrogen) atoms. The number of halogens is 7. The second kappa shape index (κ2) is 14.8. The predicted molar refractivity (Wildman–Crippen MR) is 171 cm³/mol. The number of piperidine rings is 1. The molecule has 0 N–H and O–H groups in total. The Balaban J connectivity index is 1.61. The number of rotatable bonds is 10. The molecule has 1 fully saturated rings. The zero-order valence-electron chi connectivity index (χ0n) is 26.7. The van der Waals surface area contributed by atoms with Crippen molar-refractivity contribution in [1.29, 1.82) is 0 Å². The van der Waals surface area contributed by atoms with E-state index in [4.69, 9.17) is 21.1 Å². The van der Waals surface area contributed by atoms with E-state index in [1.165, 1.54) is 16.9 Å². The van der Waals surface area contributed by atoms with Crippen LogP contribution in [0.5, 0.6) is 5.75 Å². The molecule has 0 bridgehead atoms. The fourth-order valence-corrected chi connectivity index (χ4v) is 7.34. The lowest BCUT2D eigenvalue weighted by Gasteiger charge is -2.50. The number of aromatic nitrogens is 1. The molecule has 0 saturated carbocycles.